The van der Waals surface area contributed by atoms with Crippen molar-refractivity contribution in [3.05, 3.63) is 29.3 Å². The number of likely N-dealkylation sites (N-methyl/N-ethyl adjacent to an activating group) is 1. The van der Waals surface area contributed by atoms with E-state index < -0.39 is 11.5 Å². The van der Waals surface area contributed by atoms with Gasteiger partial charge in [0.15, 0.2) is 0 Å². The number of thioether (sulfide) groups is 1. The Morgan fingerprint density at radius 2 is 2.16 bits per heavy atom. The molecule has 1 aliphatic carbocycles. The maximum Gasteiger partial charge on any atom is 0.324 e. The Hall–Kier alpha value is -1.00. The lowest BCUT2D eigenvalue weighted by atomic mass is 10.1. The second-order valence-electron chi connectivity index (χ2n) is 5.24. The summed E-state index contributed by atoms with van der Waals surface area (Å²) >= 11 is 1.62. The number of carbonyl (C=O) groups is 1. The van der Waals surface area contributed by atoms with E-state index in [1.807, 2.05) is 6.92 Å². The van der Waals surface area contributed by atoms with Crippen LogP contribution < -0.4 is 5.32 Å². The van der Waals surface area contributed by atoms with Gasteiger partial charge in [-0.15, -0.1) is 11.8 Å². The van der Waals surface area contributed by atoms with E-state index in [2.05, 4.69) is 23.5 Å². The number of rotatable bonds is 6. The molecule has 0 amide bonds. The van der Waals surface area contributed by atoms with Gasteiger partial charge in [-0.2, -0.15) is 0 Å². The van der Waals surface area contributed by atoms with Crippen LogP contribution in [0.15, 0.2) is 23.1 Å². The summed E-state index contributed by atoms with van der Waals surface area (Å²) in [5, 5.41) is 12.4. The summed E-state index contributed by atoms with van der Waals surface area (Å²) in [6.45, 7) is 4.34. The van der Waals surface area contributed by atoms with Crippen molar-refractivity contribution in [3.8, 4) is 0 Å². The van der Waals surface area contributed by atoms with Gasteiger partial charge in [0.25, 0.3) is 0 Å². The largest absolute Gasteiger partial charge is 0.480 e. The SMILES string of the molecule is CCNC(C)(CSc1ccc2c(c1)CCC2)C(=O)O. The summed E-state index contributed by atoms with van der Waals surface area (Å²) in [6.07, 6.45) is 3.59. The average molecular weight is 279 g/mol. The van der Waals surface area contributed by atoms with Gasteiger partial charge < -0.3 is 10.4 Å². The van der Waals surface area contributed by atoms with E-state index in [0.717, 1.165) is 6.42 Å². The molecule has 2 N–H and O–H groups in total. The average Bonchev–Trinajstić information content (AvgIpc) is 2.84. The first-order chi connectivity index (χ1) is 9.05. The highest BCUT2D eigenvalue weighted by Crippen LogP contribution is 2.29. The Kier molecular flexibility index (Phi) is 4.53. The molecule has 0 saturated heterocycles. The third-order valence-corrected chi connectivity index (χ3v) is 4.95. The molecule has 0 bridgehead atoms. The Bertz CT molecular complexity index is 475. The highest BCUT2D eigenvalue weighted by atomic mass is 32.2. The summed E-state index contributed by atoms with van der Waals surface area (Å²) in [5.74, 6) is -0.252. The standard InChI is InChI=1S/C15H21NO2S/c1-3-16-15(2,14(17)18)10-19-13-8-7-11-5-4-6-12(11)9-13/h7-9,16H,3-6,10H2,1-2H3,(H,17,18). The molecule has 0 fully saturated rings. The zero-order valence-corrected chi connectivity index (χ0v) is 12.3. The van der Waals surface area contributed by atoms with Crippen LogP contribution in [0.3, 0.4) is 0 Å². The normalized spacial score (nSPS) is 16.9. The van der Waals surface area contributed by atoms with Gasteiger partial charge in [0, 0.05) is 10.6 Å². The topological polar surface area (TPSA) is 49.3 Å². The molecule has 0 heterocycles. The van der Waals surface area contributed by atoms with E-state index in [0.29, 0.717) is 12.3 Å². The first-order valence-electron chi connectivity index (χ1n) is 6.78. The van der Waals surface area contributed by atoms with Crippen LogP contribution in [0.5, 0.6) is 0 Å². The number of carboxylic acids is 1. The Balaban J connectivity index is 2.03. The molecular weight excluding hydrogens is 258 g/mol. The number of fused-ring (bicyclic) bond motifs is 1. The summed E-state index contributed by atoms with van der Waals surface area (Å²) in [6, 6.07) is 6.53. The summed E-state index contributed by atoms with van der Waals surface area (Å²) in [4.78, 5) is 12.5. The highest BCUT2D eigenvalue weighted by Gasteiger charge is 2.32. The highest BCUT2D eigenvalue weighted by molar-refractivity contribution is 7.99. The maximum absolute atomic E-state index is 11.3. The number of aryl methyl sites for hydroxylation is 2. The van der Waals surface area contributed by atoms with Crippen LogP contribution in [-0.2, 0) is 17.6 Å². The summed E-state index contributed by atoms with van der Waals surface area (Å²) in [7, 11) is 0. The molecule has 1 aliphatic rings. The van der Waals surface area contributed by atoms with E-state index in [1.165, 1.54) is 28.9 Å². The van der Waals surface area contributed by atoms with Crippen LogP contribution in [-0.4, -0.2) is 28.9 Å². The molecular formula is C15H21NO2S. The summed E-state index contributed by atoms with van der Waals surface area (Å²) < 4.78 is 0. The first kappa shape index (κ1) is 14.4. The first-order valence-corrected chi connectivity index (χ1v) is 7.77. The van der Waals surface area contributed by atoms with E-state index in [4.69, 9.17) is 0 Å². The van der Waals surface area contributed by atoms with Gasteiger partial charge in [-0.3, -0.25) is 4.79 Å². The third kappa shape index (κ3) is 3.31. The van der Waals surface area contributed by atoms with Crippen LogP contribution in [0.25, 0.3) is 0 Å². The summed E-state index contributed by atoms with van der Waals surface area (Å²) in [5.41, 5.74) is 2.03. The fraction of sp³-hybridized carbons (Fsp3) is 0.533. The van der Waals surface area contributed by atoms with E-state index in [1.54, 1.807) is 18.7 Å². The third-order valence-electron chi connectivity index (χ3n) is 3.64. The molecule has 2 rings (SSSR count). The molecule has 0 spiro atoms. The second kappa shape index (κ2) is 5.97. The lowest BCUT2D eigenvalue weighted by Gasteiger charge is -2.25. The van der Waals surface area contributed by atoms with Crippen LogP contribution in [0.1, 0.15) is 31.4 Å². The van der Waals surface area contributed by atoms with Crippen molar-refractivity contribution in [3.63, 3.8) is 0 Å². The zero-order chi connectivity index (χ0) is 13.9. The van der Waals surface area contributed by atoms with Crippen molar-refractivity contribution in [2.75, 3.05) is 12.3 Å². The van der Waals surface area contributed by atoms with Gasteiger partial charge in [-0.05, 0) is 56.0 Å². The molecule has 0 aromatic heterocycles. The number of hydrogen-bond donors (Lipinski definition) is 2. The molecule has 4 heteroatoms. The van der Waals surface area contributed by atoms with E-state index in [9.17, 15) is 9.90 Å². The van der Waals surface area contributed by atoms with Gasteiger partial charge in [0.05, 0.1) is 0 Å². The van der Waals surface area contributed by atoms with Crippen molar-refractivity contribution in [2.24, 2.45) is 0 Å². The number of hydrogen-bond acceptors (Lipinski definition) is 3. The van der Waals surface area contributed by atoms with Gasteiger partial charge in [-0.25, -0.2) is 0 Å². The van der Waals surface area contributed by atoms with Crippen molar-refractivity contribution in [1.82, 2.24) is 5.32 Å². The Morgan fingerprint density at radius 1 is 1.42 bits per heavy atom. The fourth-order valence-electron chi connectivity index (χ4n) is 2.44. The van der Waals surface area contributed by atoms with E-state index in [-0.39, 0.29) is 0 Å². The molecule has 0 aliphatic heterocycles. The predicted molar refractivity (Wildman–Crippen MR) is 78.9 cm³/mol. The lowest BCUT2D eigenvalue weighted by molar-refractivity contribution is -0.143. The molecule has 3 nitrogen and oxygen atoms in total. The van der Waals surface area contributed by atoms with Crippen LogP contribution in [0.2, 0.25) is 0 Å². The van der Waals surface area contributed by atoms with Crippen LogP contribution in [0.4, 0.5) is 0 Å². The maximum atomic E-state index is 11.3. The second-order valence-corrected chi connectivity index (χ2v) is 6.29. The molecule has 1 atom stereocenters. The molecule has 19 heavy (non-hydrogen) atoms. The molecule has 0 saturated carbocycles. The smallest absolute Gasteiger partial charge is 0.324 e. The van der Waals surface area contributed by atoms with Gasteiger partial charge in [-0.1, -0.05) is 13.0 Å². The number of aliphatic carboxylic acids is 1. The van der Waals surface area contributed by atoms with Gasteiger partial charge >= 0.3 is 5.97 Å². The van der Waals surface area contributed by atoms with Gasteiger partial charge in [0.2, 0.25) is 0 Å². The quantitative estimate of drug-likeness (QED) is 0.786. The Morgan fingerprint density at radius 3 is 2.84 bits per heavy atom. The van der Waals surface area contributed by atoms with Gasteiger partial charge in [0.1, 0.15) is 5.54 Å². The van der Waals surface area contributed by atoms with Crippen molar-refractivity contribution < 1.29 is 9.90 Å². The Labute approximate surface area is 118 Å². The molecule has 1 unspecified atom stereocenters. The minimum Gasteiger partial charge on any atom is -0.480 e. The lowest BCUT2D eigenvalue weighted by Crippen LogP contribution is -2.51. The number of nitrogens with one attached hydrogen (secondary N) is 1. The molecule has 1 aromatic rings. The van der Waals surface area contributed by atoms with Crippen LogP contribution in [0, 0.1) is 0 Å². The predicted octanol–water partition coefficient (Wildman–Crippen LogP) is 2.72. The van der Waals surface area contributed by atoms with Crippen molar-refractivity contribution in [1.29, 1.82) is 0 Å². The number of benzene rings is 1. The molecule has 1 aromatic carbocycles. The minimum absolute atomic E-state index is 0.537. The zero-order valence-electron chi connectivity index (χ0n) is 11.5. The molecule has 104 valence electrons. The minimum atomic E-state index is -0.863. The van der Waals surface area contributed by atoms with Crippen molar-refractivity contribution >= 4 is 17.7 Å². The van der Waals surface area contributed by atoms with Crippen LogP contribution >= 0.6 is 11.8 Å². The number of carboxylic acid groups (broad SMARTS) is 1. The fourth-order valence-corrected chi connectivity index (χ4v) is 3.51. The van der Waals surface area contributed by atoms with E-state index >= 15 is 0 Å². The van der Waals surface area contributed by atoms with Crippen molar-refractivity contribution in [2.45, 2.75) is 43.5 Å². The molecule has 0 radical (unpaired) electrons. The monoisotopic (exact) mass is 279 g/mol.